The maximum atomic E-state index is 12.1. The van der Waals surface area contributed by atoms with E-state index in [1.165, 1.54) is 12.0 Å². The fraction of sp³-hybridized carbons (Fsp3) is 0.900. The van der Waals surface area contributed by atoms with E-state index in [1.54, 1.807) is 0 Å². The van der Waals surface area contributed by atoms with Crippen LogP contribution in [0.5, 0.6) is 0 Å². The molecule has 7 nitrogen and oxygen atoms in total. The predicted molar refractivity (Wildman–Crippen MR) is 65.7 cm³/mol. The first kappa shape index (κ1) is 15.4. The molecule has 1 heterocycles. The molecule has 0 aromatic rings. The number of methoxy groups -OCH3 is 1. The molecule has 1 aliphatic rings. The second kappa shape index (κ2) is 6.46. The van der Waals surface area contributed by atoms with E-state index < -0.39 is 15.9 Å². The Morgan fingerprint density at radius 3 is 2.67 bits per heavy atom. The first-order valence-corrected chi connectivity index (χ1v) is 7.62. The molecule has 8 heteroatoms. The Bertz CT molecular complexity index is 380. The lowest BCUT2D eigenvalue weighted by molar-refractivity contribution is -0.143. The fourth-order valence-electron chi connectivity index (χ4n) is 2.08. The van der Waals surface area contributed by atoms with Gasteiger partial charge in [0, 0.05) is 26.2 Å². The summed E-state index contributed by atoms with van der Waals surface area (Å²) in [4.78, 5) is 13.5. The molecule has 1 rings (SSSR count). The molecular weight excluding hydrogens is 260 g/mol. The summed E-state index contributed by atoms with van der Waals surface area (Å²) in [5.74, 6) is -0.344. The fourth-order valence-corrected chi connectivity index (χ4v) is 3.82. The number of carbonyl (C=O) groups excluding carboxylic acids is 1. The van der Waals surface area contributed by atoms with E-state index >= 15 is 0 Å². The minimum Gasteiger partial charge on any atom is -0.395 e. The van der Waals surface area contributed by atoms with Crippen molar-refractivity contribution in [2.24, 2.45) is 5.73 Å². The molecule has 18 heavy (non-hydrogen) atoms. The Labute approximate surface area is 107 Å². The minimum atomic E-state index is -3.08. The Morgan fingerprint density at radius 2 is 2.28 bits per heavy atom. The summed E-state index contributed by atoms with van der Waals surface area (Å²) < 4.78 is 27.8. The maximum absolute atomic E-state index is 12.1. The molecule has 1 saturated heterocycles. The van der Waals surface area contributed by atoms with Crippen molar-refractivity contribution in [1.29, 1.82) is 0 Å². The van der Waals surface area contributed by atoms with Crippen molar-refractivity contribution >= 4 is 15.7 Å². The number of nitrogens with two attached hydrogens (primary N) is 1. The monoisotopic (exact) mass is 280 g/mol. The zero-order valence-corrected chi connectivity index (χ0v) is 11.2. The van der Waals surface area contributed by atoms with Gasteiger partial charge in [-0.2, -0.15) is 0 Å². The van der Waals surface area contributed by atoms with Crippen LogP contribution in [-0.4, -0.2) is 74.8 Å². The molecule has 0 aromatic carbocycles. The first-order valence-electron chi connectivity index (χ1n) is 5.79. The summed E-state index contributed by atoms with van der Waals surface area (Å²) in [6.45, 7) is -0.0983. The van der Waals surface area contributed by atoms with Crippen LogP contribution in [0.3, 0.4) is 0 Å². The highest BCUT2D eigenvalue weighted by atomic mass is 32.2. The lowest BCUT2D eigenvalue weighted by Crippen LogP contribution is -2.50. The van der Waals surface area contributed by atoms with Crippen molar-refractivity contribution in [3.8, 4) is 0 Å². The van der Waals surface area contributed by atoms with Crippen LogP contribution in [-0.2, 0) is 19.4 Å². The second-order valence-electron chi connectivity index (χ2n) is 4.27. The number of carbonyl (C=O) groups is 1. The summed E-state index contributed by atoms with van der Waals surface area (Å²) in [7, 11) is -1.71. The van der Waals surface area contributed by atoms with Crippen LogP contribution in [0.25, 0.3) is 0 Å². The van der Waals surface area contributed by atoms with Gasteiger partial charge in [0.1, 0.15) is 6.10 Å². The zero-order chi connectivity index (χ0) is 13.8. The molecule has 0 bridgehead atoms. The van der Waals surface area contributed by atoms with Crippen LogP contribution in [0.4, 0.5) is 0 Å². The van der Waals surface area contributed by atoms with Gasteiger partial charge < -0.3 is 20.5 Å². The highest BCUT2D eigenvalue weighted by Crippen LogP contribution is 2.18. The Morgan fingerprint density at radius 1 is 1.61 bits per heavy atom. The van der Waals surface area contributed by atoms with Crippen molar-refractivity contribution < 1.29 is 23.1 Å². The third-order valence-electron chi connectivity index (χ3n) is 3.05. The van der Waals surface area contributed by atoms with E-state index in [-0.39, 0.29) is 43.2 Å². The maximum Gasteiger partial charge on any atom is 0.253 e. The standard InChI is InChI=1S/C10H20N2O5S/c1-17-9(6-11)10(14)12(3-4-13)8-2-5-18(15,16)7-8/h8-9,13H,2-7,11H2,1H3. The van der Waals surface area contributed by atoms with Gasteiger partial charge in [-0.15, -0.1) is 0 Å². The quantitative estimate of drug-likeness (QED) is 0.580. The number of ether oxygens (including phenoxy) is 1. The van der Waals surface area contributed by atoms with Crippen LogP contribution >= 0.6 is 0 Å². The van der Waals surface area contributed by atoms with Crippen molar-refractivity contribution in [3.05, 3.63) is 0 Å². The van der Waals surface area contributed by atoms with E-state index in [2.05, 4.69) is 0 Å². The largest absolute Gasteiger partial charge is 0.395 e. The lowest BCUT2D eigenvalue weighted by atomic mass is 10.2. The smallest absolute Gasteiger partial charge is 0.253 e. The average Bonchev–Trinajstić information content (AvgIpc) is 2.67. The number of sulfone groups is 1. The lowest BCUT2D eigenvalue weighted by Gasteiger charge is -2.30. The molecule has 0 aliphatic carbocycles. The van der Waals surface area contributed by atoms with Gasteiger partial charge in [0.2, 0.25) is 0 Å². The van der Waals surface area contributed by atoms with Gasteiger partial charge in [-0.1, -0.05) is 0 Å². The van der Waals surface area contributed by atoms with Crippen LogP contribution < -0.4 is 5.73 Å². The van der Waals surface area contributed by atoms with E-state index in [1.807, 2.05) is 0 Å². The Kier molecular flexibility index (Phi) is 5.51. The highest BCUT2D eigenvalue weighted by molar-refractivity contribution is 7.91. The normalized spacial score (nSPS) is 23.8. The van der Waals surface area contributed by atoms with Crippen molar-refractivity contribution in [3.63, 3.8) is 0 Å². The molecule has 0 spiro atoms. The summed E-state index contributed by atoms with van der Waals surface area (Å²) in [5.41, 5.74) is 5.42. The zero-order valence-electron chi connectivity index (χ0n) is 10.4. The van der Waals surface area contributed by atoms with Crippen LogP contribution in [0, 0.1) is 0 Å². The van der Waals surface area contributed by atoms with Crippen molar-refractivity contribution in [2.45, 2.75) is 18.6 Å². The van der Waals surface area contributed by atoms with Gasteiger partial charge in [0.25, 0.3) is 5.91 Å². The van der Waals surface area contributed by atoms with Crippen LogP contribution in [0.1, 0.15) is 6.42 Å². The Balaban J connectivity index is 2.79. The molecule has 106 valence electrons. The molecule has 0 saturated carbocycles. The van der Waals surface area contributed by atoms with Crippen LogP contribution in [0.15, 0.2) is 0 Å². The summed E-state index contributed by atoms with van der Waals surface area (Å²) in [5, 5.41) is 8.99. The van der Waals surface area contributed by atoms with Gasteiger partial charge in [-0.25, -0.2) is 8.42 Å². The average molecular weight is 280 g/mol. The topological polar surface area (TPSA) is 110 Å². The number of hydrogen-bond donors (Lipinski definition) is 2. The molecule has 0 aromatic heterocycles. The van der Waals surface area contributed by atoms with Gasteiger partial charge in [0.15, 0.2) is 9.84 Å². The molecular formula is C10H20N2O5S. The van der Waals surface area contributed by atoms with Gasteiger partial charge in [-0.3, -0.25) is 4.79 Å². The van der Waals surface area contributed by atoms with E-state index in [0.29, 0.717) is 6.42 Å². The van der Waals surface area contributed by atoms with Crippen molar-refractivity contribution in [2.75, 3.05) is 38.3 Å². The molecule has 1 amide bonds. The third-order valence-corrected chi connectivity index (χ3v) is 4.80. The van der Waals surface area contributed by atoms with Crippen molar-refractivity contribution in [1.82, 2.24) is 4.90 Å². The van der Waals surface area contributed by atoms with Gasteiger partial charge in [-0.05, 0) is 6.42 Å². The molecule has 3 N–H and O–H groups in total. The van der Waals surface area contributed by atoms with E-state index in [0.717, 1.165) is 0 Å². The van der Waals surface area contributed by atoms with E-state index in [9.17, 15) is 13.2 Å². The number of hydrogen-bond acceptors (Lipinski definition) is 6. The first-order chi connectivity index (χ1) is 8.45. The SMILES string of the molecule is COC(CN)C(=O)N(CCO)C1CCS(=O)(=O)C1. The Hall–Kier alpha value is -0.700. The molecule has 1 fully saturated rings. The van der Waals surface area contributed by atoms with Crippen LogP contribution in [0.2, 0.25) is 0 Å². The molecule has 2 atom stereocenters. The predicted octanol–water partition coefficient (Wildman–Crippen LogP) is -2.03. The number of aliphatic hydroxyl groups is 1. The summed E-state index contributed by atoms with van der Waals surface area (Å²) in [6.07, 6.45) is -0.394. The molecule has 2 unspecified atom stereocenters. The molecule has 0 radical (unpaired) electrons. The minimum absolute atomic E-state index is 0.0245. The van der Waals surface area contributed by atoms with Gasteiger partial charge >= 0.3 is 0 Å². The number of nitrogens with zero attached hydrogens (tertiary/aromatic N) is 1. The number of aliphatic hydroxyl groups excluding tert-OH is 1. The number of amides is 1. The summed E-state index contributed by atoms with van der Waals surface area (Å²) >= 11 is 0. The van der Waals surface area contributed by atoms with E-state index in [4.69, 9.17) is 15.6 Å². The van der Waals surface area contributed by atoms with Gasteiger partial charge in [0.05, 0.1) is 18.1 Å². The second-order valence-corrected chi connectivity index (χ2v) is 6.50. The summed E-state index contributed by atoms with van der Waals surface area (Å²) in [6, 6.07) is -0.390. The third kappa shape index (κ3) is 3.64. The number of rotatable bonds is 6. The highest BCUT2D eigenvalue weighted by Gasteiger charge is 2.36. The molecule has 1 aliphatic heterocycles.